The van der Waals surface area contributed by atoms with Crippen LogP contribution in [0.4, 0.5) is 5.69 Å². The van der Waals surface area contributed by atoms with E-state index in [1.54, 1.807) is 0 Å². The molecule has 3 aliphatic rings. The summed E-state index contributed by atoms with van der Waals surface area (Å²) in [6.45, 7) is 1.62. The SMILES string of the molecule is CN1C(=O)[C@@H]2CC[C@H]1CN(c1cc(Cl)cc3[nH]ncc13)C2. The van der Waals surface area contributed by atoms with E-state index >= 15 is 0 Å². The van der Waals surface area contributed by atoms with Crippen molar-refractivity contribution in [2.75, 3.05) is 25.0 Å². The predicted octanol–water partition coefficient (Wildman–Crippen LogP) is 2.27. The maximum absolute atomic E-state index is 12.3. The number of anilines is 1. The molecule has 1 amide bonds. The molecular formula is C15H17ClN4O. The van der Waals surface area contributed by atoms with Crippen molar-refractivity contribution in [3.05, 3.63) is 23.4 Å². The first-order valence-corrected chi connectivity index (χ1v) is 7.65. The molecule has 2 aromatic rings. The number of H-pyrrole nitrogens is 1. The topological polar surface area (TPSA) is 52.2 Å². The van der Waals surface area contributed by atoms with E-state index in [0.717, 1.165) is 42.5 Å². The number of carbonyl (C=O) groups is 1. The van der Waals surface area contributed by atoms with Gasteiger partial charge in [-0.2, -0.15) is 5.10 Å². The van der Waals surface area contributed by atoms with E-state index < -0.39 is 0 Å². The van der Waals surface area contributed by atoms with Gasteiger partial charge < -0.3 is 9.80 Å². The van der Waals surface area contributed by atoms with Crippen molar-refractivity contribution in [1.29, 1.82) is 0 Å². The molecule has 6 heteroatoms. The monoisotopic (exact) mass is 304 g/mol. The summed E-state index contributed by atoms with van der Waals surface area (Å²) in [5.41, 5.74) is 2.01. The Morgan fingerprint density at radius 3 is 3.05 bits per heavy atom. The Bertz CT molecular complexity index is 713. The highest BCUT2D eigenvalue weighted by Gasteiger charge is 2.39. The summed E-state index contributed by atoms with van der Waals surface area (Å²) in [6, 6.07) is 4.16. The zero-order valence-corrected chi connectivity index (χ0v) is 12.6. The lowest BCUT2D eigenvalue weighted by Gasteiger charge is -2.32. The number of rotatable bonds is 1. The summed E-state index contributed by atoms with van der Waals surface area (Å²) < 4.78 is 0. The third-order valence-electron chi connectivity index (χ3n) is 4.81. The van der Waals surface area contributed by atoms with E-state index in [1.165, 1.54) is 0 Å². The number of nitrogens with one attached hydrogen (secondary N) is 1. The minimum absolute atomic E-state index is 0.0923. The fourth-order valence-corrected chi connectivity index (χ4v) is 3.83. The summed E-state index contributed by atoms with van der Waals surface area (Å²) >= 11 is 6.23. The molecule has 0 spiro atoms. The number of aromatic amines is 1. The summed E-state index contributed by atoms with van der Waals surface area (Å²) in [6.07, 6.45) is 3.90. The van der Waals surface area contributed by atoms with Crippen molar-refractivity contribution in [1.82, 2.24) is 15.1 Å². The Morgan fingerprint density at radius 1 is 1.33 bits per heavy atom. The molecule has 5 rings (SSSR count). The van der Waals surface area contributed by atoms with Crippen LogP contribution >= 0.6 is 11.6 Å². The number of hydrogen-bond donors (Lipinski definition) is 1. The van der Waals surface area contributed by atoms with E-state index in [0.29, 0.717) is 5.02 Å². The second kappa shape index (κ2) is 4.63. The Morgan fingerprint density at radius 2 is 2.19 bits per heavy atom. The number of aromatic nitrogens is 2. The highest BCUT2D eigenvalue weighted by Crippen LogP contribution is 2.35. The lowest BCUT2D eigenvalue weighted by Crippen LogP contribution is -2.45. The molecule has 0 aliphatic carbocycles. The lowest BCUT2D eigenvalue weighted by molar-refractivity contribution is -0.138. The summed E-state index contributed by atoms with van der Waals surface area (Å²) in [7, 11) is 1.92. The number of benzene rings is 1. The summed E-state index contributed by atoms with van der Waals surface area (Å²) in [4.78, 5) is 16.5. The molecule has 1 N–H and O–H groups in total. The molecule has 1 aromatic heterocycles. The van der Waals surface area contributed by atoms with Crippen LogP contribution in [0.1, 0.15) is 12.8 Å². The van der Waals surface area contributed by atoms with E-state index in [2.05, 4.69) is 15.1 Å². The third-order valence-corrected chi connectivity index (χ3v) is 5.03. The van der Waals surface area contributed by atoms with Gasteiger partial charge in [-0.15, -0.1) is 0 Å². The number of fused-ring (bicyclic) bond motifs is 5. The van der Waals surface area contributed by atoms with Gasteiger partial charge in [-0.05, 0) is 25.0 Å². The number of hydrogen-bond acceptors (Lipinski definition) is 3. The van der Waals surface area contributed by atoms with Crippen molar-refractivity contribution in [3.63, 3.8) is 0 Å². The van der Waals surface area contributed by atoms with Crippen LogP contribution < -0.4 is 4.90 Å². The quantitative estimate of drug-likeness (QED) is 0.879. The minimum Gasteiger partial charge on any atom is -0.368 e. The van der Waals surface area contributed by atoms with Gasteiger partial charge in [-0.25, -0.2) is 0 Å². The molecule has 110 valence electrons. The average Bonchev–Trinajstić information content (AvgIpc) is 2.76. The van der Waals surface area contributed by atoms with Crippen LogP contribution in [0.2, 0.25) is 5.02 Å². The first kappa shape index (κ1) is 13.0. The molecule has 0 saturated carbocycles. The standard InChI is InChI=1S/C15H17ClN4O/c1-19-11-3-2-9(15(19)21)7-20(8-11)14-5-10(16)4-13-12(14)6-17-18-13/h4-6,9,11H,2-3,7-8H2,1H3,(H,17,18)/t9-,11+/m1/s1. The number of carbonyl (C=O) groups excluding carboxylic acids is 1. The van der Waals surface area contributed by atoms with Crippen LogP contribution in [0.15, 0.2) is 18.3 Å². The molecule has 1 aromatic carbocycles. The van der Waals surface area contributed by atoms with Crippen LogP contribution in [-0.2, 0) is 4.79 Å². The van der Waals surface area contributed by atoms with Crippen molar-refractivity contribution < 1.29 is 4.79 Å². The highest BCUT2D eigenvalue weighted by atomic mass is 35.5. The molecule has 3 fully saturated rings. The third kappa shape index (κ3) is 1.99. The van der Waals surface area contributed by atoms with E-state index in [4.69, 9.17) is 11.6 Å². The number of piperidine rings is 1. The van der Waals surface area contributed by atoms with Gasteiger partial charge in [0, 0.05) is 42.3 Å². The molecule has 3 saturated heterocycles. The van der Waals surface area contributed by atoms with E-state index in [9.17, 15) is 4.79 Å². The zero-order valence-electron chi connectivity index (χ0n) is 11.8. The van der Waals surface area contributed by atoms with Crippen molar-refractivity contribution in [2.24, 2.45) is 5.92 Å². The molecular weight excluding hydrogens is 288 g/mol. The summed E-state index contributed by atoms with van der Waals surface area (Å²) in [5, 5.41) is 8.85. The second-order valence-corrected chi connectivity index (χ2v) is 6.47. The van der Waals surface area contributed by atoms with Gasteiger partial charge >= 0.3 is 0 Å². The molecule has 5 nitrogen and oxygen atoms in total. The van der Waals surface area contributed by atoms with Crippen LogP contribution in [0.5, 0.6) is 0 Å². The van der Waals surface area contributed by atoms with Crippen molar-refractivity contribution in [2.45, 2.75) is 18.9 Å². The van der Waals surface area contributed by atoms with Crippen LogP contribution in [0.25, 0.3) is 10.9 Å². The maximum Gasteiger partial charge on any atom is 0.227 e. The van der Waals surface area contributed by atoms with Gasteiger partial charge in [-0.1, -0.05) is 11.6 Å². The number of amides is 1. The molecule has 2 bridgehead atoms. The highest BCUT2D eigenvalue weighted by molar-refractivity contribution is 6.31. The van der Waals surface area contributed by atoms with Gasteiger partial charge in [0.05, 0.1) is 17.6 Å². The largest absolute Gasteiger partial charge is 0.368 e. The molecule has 3 aliphatic heterocycles. The molecule has 2 atom stereocenters. The minimum atomic E-state index is 0.0923. The second-order valence-electron chi connectivity index (χ2n) is 6.04. The Balaban J connectivity index is 1.79. The van der Waals surface area contributed by atoms with Crippen LogP contribution in [0, 0.1) is 5.92 Å². The average molecular weight is 305 g/mol. The van der Waals surface area contributed by atoms with Gasteiger partial charge in [0.15, 0.2) is 0 Å². The number of likely N-dealkylation sites (N-methyl/N-ethyl adjacent to an activating group) is 1. The Kier molecular flexibility index (Phi) is 2.85. The fraction of sp³-hybridized carbons (Fsp3) is 0.467. The fourth-order valence-electron chi connectivity index (χ4n) is 3.61. The van der Waals surface area contributed by atoms with Gasteiger partial charge in [0.2, 0.25) is 5.91 Å². The molecule has 4 heterocycles. The van der Waals surface area contributed by atoms with Gasteiger partial charge in [0.1, 0.15) is 0 Å². The van der Waals surface area contributed by atoms with E-state index in [-0.39, 0.29) is 17.9 Å². The maximum atomic E-state index is 12.3. The van der Waals surface area contributed by atoms with Crippen LogP contribution in [0.3, 0.4) is 0 Å². The number of halogens is 1. The van der Waals surface area contributed by atoms with E-state index in [1.807, 2.05) is 30.3 Å². The smallest absolute Gasteiger partial charge is 0.227 e. The molecule has 0 radical (unpaired) electrons. The van der Waals surface area contributed by atoms with Gasteiger partial charge in [-0.3, -0.25) is 9.89 Å². The number of nitrogens with zero attached hydrogens (tertiary/aromatic N) is 3. The van der Waals surface area contributed by atoms with Crippen LogP contribution in [-0.4, -0.2) is 47.2 Å². The molecule has 21 heavy (non-hydrogen) atoms. The Labute approximate surface area is 127 Å². The zero-order chi connectivity index (χ0) is 14.6. The molecule has 0 unspecified atom stereocenters. The summed E-state index contributed by atoms with van der Waals surface area (Å²) in [5.74, 6) is 0.369. The first-order chi connectivity index (χ1) is 10.1. The van der Waals surface area contributed by atoms with Gasteiger partial charge in [0.25, 0.3) is 0 Å². The normalized spacial score (nSPS) is 25.7. The van der Waals surface area contributed by atoms with Crippen molar-refractivity contribution >= 4 is 34.1 Å². The van der Waals surface area contributed by atoms with Crippen molar-refractivity contribution in [3.8, 4) is 0 Å². The Hall–Kier alpha value is -1.75. The lowest BCUT2D eigenvalue weighted by atomic mass is 9.95. The predicted molar refractivity (Wildman–Crippen MR) is 82.6 cm³/mol. The first-order valence-electron chi connectivity index (χ1n) is 7.28.